The van der Waals surface area contributed by atoms with Crippen LogP contribution in [0, 0.1) is 29.0 Å². The van der Waals surface area contributed by atoms with Gasteiger partial charge in [-0.1, -0.05) is 0 Å². The van der Waals surface area contributed by atoms with Crippen molar-refractivity contribution in [3.8, 4) is 6.07 Å². The van der Waals surface area contributed by atoms with Crippen LogP contribution in [0.5, 0.6) is 0 Å². The van der Waals surface area contributed by atoms with Crippen LogP contribution in [0.25, 0.3) is 0 Å². The van der Waals surface area contributed by atoms with Crippen molar-refractivity contribution in [2.45, 2.75) is 24.7 Å². The third-order valence-electron chi connectivity index (χ3n) is 4.27. The minimum atomic E-state index is -4.70. The first-order chi connectivity index (χ1) is 9.82. The summed E-state index contributed by atoms with van der Waals surface area (Å²) in [5, 5.41) is 18.2. The van der Waals surface area contributed by atoms with Gasteiger partial charge in [0.25, 0.3) is 0 Å². The fourth-order valence-corrected chi connectivity index (χ4v) is 3.15. The number of benzene rings is 1. The fraction of sp³-hybridized carbons (Fsp3) is 0.500. The van der Waals surface area contributed by atoms with E-state index in [1.165, 1.54) is 17.0 Å². The predicted octanol–water partition coefficient (Wildman–Crippen LogP) is 2.45. The molecule has 2 aliphatic rings. The number of alkyl halides is 3. The molecule has 4 atom stereocenters. The van der Waals surface area contributed by atoms with E-state index in [1.807, 2.05) is 0 Å². The molecule has 1 N–H and O–H groups in total. The second-order valence-electron chi connectivity index (χ2n) is 5.56. The number of fused-ring (bicyclic) bond motifs is 1. The molecule has 0 spiro atoms. The van der Waals surface area contributed by atoms with E-state index in [1.54, 1.807) is 6.07 Å². The topological polar surface area (TPSA) is 47.3 Å². The van der Waals surface area contributed by atoms with Crippen molar-refractivity contribution in [2.75, 3.05) is 11.4 Å². The van der Waals surface area contributed by atoms with E-state index in [2.05, 4.69) is 0 Å². The summed E-state index contributed by atoms with van der Waals surface area (Å²) < 4.78 is 52.0. The van der Waals surface area contributed by atoms with Crippen molar-refractivity contribution in [2.24, 2.45) is 11.8 Å². The SMILES string of the molecule is N#Cc1ccc(N2C[C@@H]3C[C@@H]3[C@@H]2[C@H](O)C(F)(F)F)cc1F. The smallest absolute Gasteiger partial charge is 0.382 e. The van der Waals surface area contributed by atoms with Gasteiger partial charge in [-0.05, 0) is 36.5 Å². The van der Waals surface area contributed by atoms with Crippen LogP contribution in [0.1, 0.15) is 12.0 Å². The summed E-state index contributed by atoms with van der Waals surface area (Å²) in [4.78, 5) is 1.40. The maximum absolute atomic E-state index is 13.6. The Morgan fingerprint density at radius 2 is 2.10 bits per heavy atom. The number of hydrogen-bond donors (Lipinski definition) is 1. The van der Waals surface area contributed by atoms with Gasteiger partial charge in [-0.2, -0.15) is 18.4 Å². The highest BCUT2D eigenvalue weighted by Crippen LogP contribution is 2.53. The van der Waals surface area contributed by atoms with E-state index in [0.29, 0.717) is 13.0 Å². The monoisotopic (exact) mass is 300 g/mol. The molecule has 0 amide bonds. The molecule has 21 heavy (non-hydrogen) atoms. The lowest BCUT2D eigenvalue weighted by atomic mass is 10.0. The quantitative estimate of drug-likeness (QED) is 0.853. The Balaban J connectivity index is 1.91. The Morgan fingerprint density at radius 3 is 2.67 bits per heavy atom. The third kappa shape index (κ3) is 2.33. The molecule has 0 unspecified atom stereocenters. The van der Waals surface area contributed by atoms with E-state index < -0.39 is 24.1 Å². The molecule has 2 fully saturated rings. The van der Waals surface area contributed by atoms with Crippen LogP contribution in [0.3, 0.4) is 0 Å². The van der Waals surface area contributed by atoms with Crippen LogP contribution in [0.15, 0.2) is 18.2 Å². The minimum Gasteiger partial charge on any atom is -0.382 e. The Morgan fingerprint density at radius 1 is 1.38 bits per heavy atom. The molecule has 3 rings (SSSR count). The summed E-state index contributed by atoms with van der Waals surface area (Å²) in [5.41, 5.74) is 0.114. The zero-order valence-electron chi connectivity index (χ0n) is 10.8. The first-order valence-electron chi connectivity index (χ1n) is 6.54. The molecular weight excluding hydrogens is 288 g/mol. The molecule has 1 aromatic rings. The minimum absolute atomic E-state index is 0.116. The molecule has 1 aromatic carbocycles. The average molecular weight is 300 g/mol. The van der Waals surface area contributed by atoms with Crippen molar-refractivity contribution < 1.29 is 22.7 Å². The molecule has 1 saturated heterocycles. The van der Waals surface area contributed by atoms with E-state index in [4.69, 9.17) is 5.26 Å². The lowest BCUT2D eigenvalue weighted by Crippen LogP contribution is -2.49. The summed E-state index contributed by atoms with van der Waals surface area (Å²) >= 11 is 0. The van der Waals surface area contributed by atoms with Crippen molar-refractivity contribution >= 4 is 5.69 Å². The van der Waals surface area contributed by atoms with Crippen LogP contribution in [-0.4, -0.2) is 30.0 Å². The summed E-state index contributed by atoms with van der Waals surface area (Å²) in [6.07, 6.45) is -6.49. The largest absolute Gasteiger partial charge is 0.416 e. The fourth-order valence-electron chi connectivity index (χ4n) is 3.15. The van der Waals surface area contributed by atoms with E-state index in [-0.39, 0.29) is 23.1 Å². The highest BCUT2D eigenvalue weighted by molar-refractivity contribution is 5.54. The van der Waals surface area contributed by atoms with E-state index >= 15 is 0 Å². The summed E-state index contributed by atoms with van der Waals surface area (Å²) in [7, 11) is 0. The normalized spacial score (nSPS) is 29.0. The second-order valence-corrected chi connectivity index (χ2v) is 5.56. The van der Waals surface area contributed by atoms with Crippen molar-refractivity contribution in [3.63, 3.8) is 0 Å². The molecule has 7 heteroatoms. The maximum atomic E-state index is 13.6. The molecule has 1 aliphatic heterocycles. The van der Waals surface area contributed by atoms with Gasteiger partial charge < -0.3 is 10.0 Å². The van der Waals surface area contributed by atoms with E-state index in [0.717, 1.165) is 6.07 Å². The van der Waals surface area contributed by atoms with Crippen LogP contribution in [-0.2, 0) is 0 Å². The number of aliphatic hydroxyl groups excluding tert-OH is 1. The Hall–Kier alpha value is -1.81. The highest BCUT2D eigenvalue weighted by Gasteiger charge is 2.60. The molecule has 1 aliphatic carbocycles. The van der Waals surface area contributed by atoms with Gasteiger partial charge in [-0.3, -0.25) is 0 Å². The molecule has 3 nitrogen and oxygen atoms in total. The number of nitrogens with zero attached hydrogens (tertiary/aromatic N) is 2. The zero-order valence-corrected chi connectivity index (χ0v) is 10.8. The number of piperidine rings is 1. The number of halogens is 4. The molecule has 1 heterocycles. The average Bonchev–Trinajstić information content (AvgIpc) is 3.08. The van der Waals surface area contributed by atoms with Crippen LogP contribution in [0.4, 0.5) is 23.2 Å². The Bertz CT molecular complexity index is 610. The van der Waals surface area contributed by atoms with Crippen LogP contribution < -0.4 is 4.90 Å². The van der Waals surface area contributed by atoms with Crippen molar-refractivity contribution in [3.05, 3.63) is 29.6 Å². The summed E-state index contributed by atoms with van der Waals surface area (Å²) in [6.45, 7) is 0.369. The molecule has 0 radical (unpaired) electrons. The van der Waals surface area contributed by atoms with Crippen LogP contribution in [0.2, 0.25) is 0 Å². The molecular formula is C14H12F4N2O. The van der Waals surface area contributed by atoms with Gasteiger partial charge in [0.2, 0.25) is 0 Å². The molecule has 112 valence electrons. The highest BCUT2D eigenvalue weighted by atomic mass is 19.4. The number of aliphatic hydroxyl groups is 1. The van der Waals surface area contributed by atoms with Gasteiger partial charge in [0, 0.05) is 12.2 Å². The van der Waals surface area contributed by atoms with Gasteiger partial charge in [0.1, 0.15) is 11.9 Å². The number of rotatable bonds is 2. The van der Waals surface area contributed by atoms with Crippen LogP contribution >= 0.6 is 0 Å². The second kappa shape index (κ2) is 4.60. The molecule has 0 bridgehead atoms. The van der Waals surface area contributed by atoms with Gasteiger partial charge >= 0.3 is 6.18 Å². The van der Waals surface area contributed by atoms with E-state index in [9.17, 15) is 22.7 Å². The molecule has 1 saturated carbocycles. The zero-order chi connectivity index (χ0) is 15.4. The lowest BCUT2D eigenvalue weighted by Gasteiger charge is -2.33. The standard InChI is InChI=1S/C14H12F4N2O/c15-11-4-9(2-1-7(11)5-19)20-6-8-3-10(8)12(20)13(21)14(16,17)18/h1-2,4,8,10,12-13,21H,3,6H2/t8-,10-,12+,13-/m0/s1. The summed E-state index contributed by atoms with van der Waals surface area (Å²) in [5.74, 6) is -0.859. The van der Waals surface area contributed by atoms with Crippen molar-refractivity contribution in [1.29, 1.82) is 5.26 Å². The first-order valence-corrected chi connectivity index (χ1v) is 6.54. The van der Waals surface area contributed by atoms with Gasteiger partial charge in [-0.25, -0.2) is 4.39 Å². The van der Waals surface area contributed by atoms with Crippen molar-refractivity contribution in [1.82, 2.24) is 0 Å². The Kier molecular flexibility index (Phi) is 3.10. The molecule has 0 aromatic heterocycles. The first kappa shape index (κ1) is 14.1. The third-order valence-corrected chi connectivity index (χ3v) is 4.27. The maximum Gasteiger partial charge on any atom is 0.416 e. The lowest BCUT2D eigenvalue weighted by molar-refractivity contribution is -0.210. The number of nitriles is 1. The van der Waals surface area contributed by atoms with Gasteiger partial charge in [-0.15, -0.1) is 0 Å². The summed E-state index contributed by atoms with van der Waals surface area (Å²) in [6, 6.07) is 4.30. The number of anilines is 1. The number of hydrogen-bond acceptors (Lipinski definition) is 3. The van der Waals surface area contributed by atoms with Gasteiger partial charge in [0.05, 0.1) is 11.6 Å². The van der Waals surface area contributed by atoms with Gasteiger partial charge in [0.15, 0.2) is 6.10 Å². The predicted molar refractivity (Wildman–Crippen MR) is 65.9 cm³/mol. The Labute approximate surface area is 118 Å².